The second-order valence-electron chi connectivity index (χ2n) is 7.82. The molecule has 1 heterocycles. The number of aliphatic carboxylic acids is 1. The van der Waals surface area contributed by atoms with Gasteiger partial charge >= 0.3 is 12.1 Å². The Bertz CT molecular complexity index is 1240. The van der Waals surface area contributed by atoms with Crippen molar-refractivity contribution in [2.75, 3.05) is 11.9 Å². The van der Waals surface area contributed by atoms with Crippen LogP contribution in [0.3, 0.4) is 0 Å². The highest BCUT2D eigenvalue weighted by Gasteiger charge is 2.29. The van der Waals surface area contributed by atoms with Gasteiger partial charge in [0.05, 0.1) is 22.0 Å². The number of hydrazine groups is 1. The average Bonchev–Trinajstić information content (AvgIpc) is 3.19. The van der Waals surface area contributed by atoms with Crippen LogP contribution in [0.25, 0.3) is 6.08 Å². The molecule has 3 rings (SSSR count). The number of nitrogens with one attached hydrogen (secondary N) is 3. The van der Waals surface area contributed by atoms with Gasteiger partial charge < -0.3 is 9.84 Å². The summed E-state index contributed by atoms with van der Waals surface area (Å²) in [5.41, 5.74) is 3.48. The number of anilines is 1. The first-order chi connectivity index (χ1) is 15.6. The molecule has 0 radical (unpaired) electrons. The van der Waals surface area contributed by atoms with Gasteiger partial charge in [-0.15, -0.1) is 0 Å². The minimum absolute atomic E-state index is 0.0506. The van der Waals surface area contributed by atoms with Crippen molar-refractivity contribution < 1.29 is 29.0 Å². The standard InChI is InChI=1S/C22H21ClN4O6/c1-22(2,20(30)31)11-33-21(32)25-16-6-4-3-5-14(16)18(28)26-27-19(29)17-10-12-9-13(23)7-8-15(12)24-17/h3-10,17H,11H2,1-2H3,(H,25,32)(H,26,28)(H,27,29)(H,30,31). The first kappa shape index (κ1) is 23.7. The smallest absolute Gasteiger partial charge is 0.411 e. The number of carboxylic acid groups (broad SMARTS) is 1. The van der Waals surface area contributed by atoms with E-state index in [0.717, 1.165) is 0 Å². The average molecular weight is 473 g/mol. The van der Waals surface area contributed by atoms with Crippen LogP contribution in [-0.2, 0) is 14.3 Å². The van der Waals surface area contributed by atoms with Gasteiger partial charge in [0, 0.05) is 5.02 Å². The van der Waals surface area contributed by atoms with E-state index in [1.807, 2.05) is 0 Å². The van der Waals surface area contributed by atoms with E-state index in [2.05, 4.69) is 21.2 Å². The molecule has 0 bridgehead atoms. The lowest BCUT2D eigenvalue weighted by Gasteiger charge is -2.19. The molecule has 0 fully saturated rings. The molecule has 1 unspecified atom stereocenters. The van der Waals surface area contributed by atoms with E-state index < -0.39 is 35.3 Å². The third-order valence-corrected chi connectivity index (χ3v) is 4.96. The molecular formula is C22H21ClN4O6. The van der Waals surface area contributed by atoms with Crippen molar-refractivity contribution in [3.63, 3.8) is 0 Å². The van der Waals surface area contributed by atoms with Crippen molar-refractivity contribution in [2.24, 2.45) is 10.4 Å². The normalized spacial score (nSPS) is 14.2. The van der Waals surface area contributed by atoms with Crippen LogP contribution >= 0.6 is 11.6 Å². The Labute approximate surface area is 193 Å². The van der Waals surface area contributed by atoms with Gasteiger partial charge in [-0.25, -0.2) is 4.79 Å². The molecular weight excluding hydrogens is 452 g/mol. The van der Waals surface area contributed by atoms with E-state index in [4.69, 9.17) is 21.4 Å². The lowest BCUT2D eigenvalue weighted by atomic mass is 9.95. The SMILES string of the molecule is CC(C)(COC(=O)Nc1ccccc1C(=O)NNC(=O)C1C=c2cc(Cl)ccc2=N1)C(=O)O. The summed E-state index contributed by atoms with van der Waals surface area (Å²) in [5, 5.41) is 13.3. The van der Waals surface area contributed by atoms with Crippen LogP contribution < -0.4 is 26.7 Å². The molecule has 0 aliphatic carbocycles. The van der Waals surface area contributed by atoms with Crippen molar-refractivity contribution in [1.82, 2.24) is 10.9 Å². The Morgan fingerprint density at radius 2 is 1.85 bits per heavy atom. The van der Waals surface area contributed by atoms with E-state index >= 15 is 0 Å². The molecule has 172 valence electrons. The van der Waals surface area contributed by atoms with Gasteiger partial charge in [0.2, 0.25) is 0 Å². The molecule has 2 aromatic rings. The predicted molar refractivity (Wildman–Crippen MR) is 119 cm³/mol. The van der Waals surface area contributed by atoms with Crippen molar-refractivity contribution in [3.05, 3.63) is 63.6 Å². The third kappa shape index (κ3) is 5.86. The Morgan fingerprint density at radius 1 is 1.12 bits per heavy atom. The van der Waals surface area contributed by atoms with Crippen molar-refractivity contribution >= 4 is 47.2 Å². The molecule has 1 atom stereocenters. The summed E-state index contributed by atoms with van der Waals surface area (Å²) in [6, 6.07) is 10.3. The van der Waals surface area contributed by atoms with E-state index in [1.54, 1.807) is 36.4 Å². The number of hydrogen-bond donors (Lipinski definition) is 4. The maximum absolute atomic E-state index is 12.6. The van der Waals surface area contributed by atoms with E-state index in [1.165, 1.54) is 26.0 Å². The summed E-state index contributed by atoms with van der Waals surface area (Å²) in [5.74, 6) is -2.37. The van der Waals surface area contributed by atoms with Crippen molar-refractivity contribution in [1.29, 1.82) is 0 Å². The van der Waals surface area contributed by atoms with Crippen molar-refractivity contribution in [2.45, 2.75) is 19.9 Å². The fraction of sp³-hybridized carbons (Fsp3) is 0.227. The van der Waals surface area contributed by atoms with E-state index in [0.29, 0.717) is 15.6 Å². The minimum Gasteiger partial charge on any atom is -0.481 e. The fourth-order valence-electron chi connectivity index (χ4n) is 2.77. The Hall–Kier alpha value is -3.92. The zero-order valence-electron chi connectivity index (χ0n) is 17.7. The summed E-state index contributed by atoms with van der Waals surface area (Å²) in [7, 11) is 0. The van der Waals surface area contributed by atoms with Gasteiger partial charge in [-0.3, -0.25) is 35.5 Å². The maximum Gasteiger partial charge on any atom is 0.411 e. The van der Waals surface area contributed by atoms with Crippen LogP contribution in [-0.4, -0.2) is 41.6 Å². The molecule has 0 saturated carbocycles. The number of ether oxygens (including phenoxy) is 1. The van der Waals surface area contributed by atoms with Gasteiger partial charge in [-0.05, 0) is 55.5 Å². The molecule has 0 saturated heterocycles. The fourth-order valence-corrected chi connectivity index (χ4v) is 2.95. The summed E-state index contributed by atoms with van der Waals surface area (Å²) in [6.07, 6.45) is 0.691. The second-order valence-corrected chi connectivity index (χ2v) is 8.26. The number of amides is 3. The van der Waals surface area contributed by atoms with Gasteiger partial charge in [0.1, 0.15) is 12.6 Å². The summed E-state index contributed by atoms with van der Waals surface area (Å²) in [4.78, 5) is 52.4. The number of carboxylic acids is 1. The maximum atomic E-state index is 12.6. The third-order valence-electron chi connectivity index (χ3n) is 4.72. The van der Waals surface area contributed by atoms with Crippen LogP contribution in [0.15, 0.2) is 47.5 Å². The van der Waals surface area contributed by atoms with Gasteiger partial charge in [0.25, 0.3) is 11.8 Å². The molecule has 2 aromatic carbocycles. The highest BCUT2D eigenvalue weighted by molar-refractivity contribution is 6.30. The molecule has 4 N–H and O–H groups in total. The number of nitrogens with zero attached hydrogens (tertiary/aromatic N) is 1. The number of benzene rings is 2. The van der Waals surface area contributed by atoms with Crippen LogP contribution in [0.2, 0.25) is 5.02 Å². The second kappa shape index (κ2) is 9.70. The van der Waals surface area contributed by atoms with E-state index in [9.17, 15) is 19.2 Å². The molecule has 11 heteroatoms. The number of rotatable bonds is 6. The van der Waals surface area contributed by atoms with Crippen LogP contribution in [0.4, 0.5) is 10.5 Å². The Kier molecular flexibility index (Phi) is 6.98. The topological polar surface area (TPSA) is 146 Å². The minimum atomic E-state index is -1.27. The lowest BCUT2D eigenvalue weighted by molar-refractivity contribution is -0.148. The highest BCUT2D eigenvalue weighted by atomic mass is 35.5. The molecule has 1 aliphatic heterocycles. The first-order valence-electron chi connectivity index (χ1n) is 9.78. The number of carbonyl (C=O) groups excluding carboxylic acids is 3. The van der Waals surface area contributed by atoms with Crippen molar-refractivity contribution in [3.8, 4) is 0 Å². The summed E-state index contributed by atoms with van der Waals surface area (Å²) in [6.45, 7) is 2.45. The Balaban J connectivity index is 1.60. The first-order valence-corrected chi connectivity index (χ1v) is 10.2. The highest BCUT2D eigenvalue weighted by Crippen LogP contribution is 2.18. The number of hydrogen-bond acceptors (Lipinski definition) is 6. The van der Waals surface area contributed by atoms with Gasteiger partial charge in [-0.2, -0.15) is 0 Å². The number of halogens is 1. The molecule has 0 aromatic heterocycles. The molecule has 33 heavy (non-hydrogen) atoms. The Morgan fingerprint density at radius 3 is 2.58 bits per heavy atom. The van der Waals surface area contributed by atoms with Gasteiger partial charge in [-0.1, -0.05) is 23.7 Å². The van der Waals surface area contributed by atoms with Gasteiger partial charge in [0.15, 0.2) is 0 Å². The number of para-hydroxylation sites is 1. The van der Waals surface area contributed by atoms with Crippen LogP contribution in [0, 0.1) is 5.41 Å². The number of fused-ring (bicyclic) bond motifs is 1. The largest absolute Gasteiger partial charge is 0.481 e. The number of carbonyl (C=O) groups is 4. The monoisotopic (exact) mass is 472 g/mol. The quantitative estimate of drug-likeness (QED) is 0.465. The lowest BCUT2D eigenvalue weighted by Crippen LogP contribution is -2.45. The van der Waals surface area contributed by atoms with Crippen LogP contribution in [0.1, 0.15) is 24.2 Å². The van der Waals surface area contributed by atoms with E-state index in [-0.39, 0.29) is 17.9 Å². The predicted octanol–water partition coefficient (Wildman–Crippen LogP) is 1.24. The molecule has 0 spiro atoms. The van der Waals surface area contributed by atoms with Crippen LogP contribution in [0.5, 0.6) is 0 Å². The molecule has 3 amide bonds. The summed E-state index contributed by atoms with van der Waals surface area (Å²) < 4.78 is 4.95. The zero-order valence-corrected chi connectivity index (χ0v) is 18.5. The zero-order chi connectivity index (χ0) is 24.2. The molecule has 10 nitrogen and oxygen atoms in total. The summed E-state index contributed by atoms with van der Waals surface area (Å²) >= 11 is 5.94. The molecule has 1 aliphatic rings.